The predicted octanol–water partition coefficient (Wildman–Crippen LogP) is 1.42. The fourth-order valence-electron chi connectivity index (χ4n) is 2.97. The van der Waals surface area contributed by atoms with E-state index in [1.54, 1.807) is 6.07 Å². The van der Waals surface area contributed by atoms with E-state index in [1.807, 2.05) is 42.5 Å². The fourth-order valence-corrected chi connectivity index (χ4v) is 2.97. The molecule has 2 aliphatic carbocycles. The largest absolute Gasteiger partial charge is 0.390 e. The van der Waals surface area contributed by atoms with Gasteiger partial charge >= 0.3 is 0 Å². The molecule has 0 saturated heterocycles. The minimum atomic E-state index is -0.799. The molecule has 0 saturated carbocycles. The highest BCUT2D eigenvalue weighted by Gasteiger charge is 2.28. The molecule has 3 atom stereocenters. The van der Waals surface area contributed by atoms with Gasteiger partial charge in [0.15, 0.2) is 5.78 Å². The average molecular weight is 298 g/mol. The first kappa shape index (κ1) is 14.9. The number of rotatable bonds is 0. The third-order valence-corrected chi connectivity index (χ3v) is 4.17. The summed E-state index contributed by atoms with van der Waals surface area (Å²) in [5.41, 5.74) is 3.58. The number of fused-ring (bicyclic) bond motifs is 2. The van der Waals surface area contributed by atoms with E-state index in [9.17, 15) is 15.0 Å². The van der Waals surface area contributed by atoms with E-state index >= 15 is 0 Å². The number of carbonyl (C=O) groups is 1. The maximum Gasteiger partial charge on any atom is 0.191 e. The van der Waals surface area contributed by atoms with E-state index < -0.39 is 18.3 Å². The lowest BCUT2D eigenvalue weighted by molar-refractivity contribution is 0.0326. The Labute approximate surface area is 128 Å². The van der Waals surface area contributed by atoms with Crippen molar-refractivity contribution in [1.29, 1.82) is 0 Å². The number of ketones is 1. The lowest BCUT2D eigenvalue weighted by Gasteiger charge is -2.06. The van der Waals surface area contributed by atoms with E-state index in [4.69, 9.17) is 5.11 Å². The van der Waals surface area contributed by atoms with Crippen molar-refractivity contribution >= 4 is 5.78 Å². The van der Waals surface area contributed by atoms with Crippen molar-refractivity contribution in [2.24, 2.45) is 0 Å². The molecule has 4 nitrogen and oxygen atoms in total. The van der Waals surface area contributed by atoms with Crippen LogP contribution >= 0.6 is 0 Å². The van der Waals surface area contributed by atoms with Gasteiger partial charge in [-0.2, -0.15) is 0 Å². The van der Waals surface area contributed by atoms with Gasteiger partial charge in [0.25, 0.3) is 0 Å². The molecule has 0 aliphatic heterocycles. The van der Waals surface area contributed by atoms with Crippen LogP contribution in [0.5, 0.6) is 0 Å². The molecule has 22 heavy (non-hydrogen) atoms. The topological polar surface area (TPSA) is 77.8 Å². The zero-order valence-electron chi connectivity index (χ0n) is 12.0. The molecule has 3 N–H and O–H groups in total. The van der Waals surface area contributed by atoms with E-state index in [0.29, 0.717) is 18.4 Å². The zero-order valence-corrected chi connectivity index (χ0v) is 12.0. The van der Waals surface area contributed by atoms with E-state index in [2.05, 4.69) is 0 Å². The number of carbonyl (C=O) groups excluding carboxylic acids is 1. The normalized spacial score (nSPS) is 25.2. The summed E-state index contributed by atoms with van der Waals surface area (Å²) >= 11 is 0. The Bertz CT molecular complexity index is 695. The Balaban J connectivity index is 0.000000131. The first-order chi connectivity index (χ1) is 10.6. The first-order valence-corrected chi connectivity index (χ1v) is 7.32. The van der Waals surface area contributed by atoms with Crippen molar-refractivity contribution in [3.05, 3.63) is 70.8 Å². The molecule has 1 unspecified atom stereocenters. The molecular weight excluding hydrogens is 280 g/mol. The Kier molecular flexibility index (Phi) is 4.07. The number of hydrogen-bond donors (Lipinski definition) is 3. The zero-order chi connectivity index (χ0) is 15.7. The molecule has 0 bridgehead atoms. The van der Waals surface area contributed by atoms with E-state index in [1.165, 1.54) is 0 Å². The Morgan fingerprint density at radius 2 is 1.45 bits per heavy atom. The number of hydrogen-bond acceptors (Lipinski definition) is 4. The van der Waals surface area contributed by atoms with Crippen LogP contribution in [-0.2, 0) is 12.8 Å². The smallest absolute Gasteiger partial charge is 0.191 e. The lowest BCUT2D eigenvalue weighted by Crippen LogP contribution is -2.13. The summed E-state index contributed by atoms with van der Waals surface area (Å²) in [6, 6.07) is 14.9. The molecule has 2 aromatic carbocycles. The van der Waals surface area contributed by atoms with Crippen LogP contribution in [-0.4, -0.2) is 33.3 Å². The second kappa shape index (κ2) is 6.01. The highest BCUT2D eigenvalue weighted by molar-refractivity contribution is 6.03. The maximum absolute atomic E-state index is 11.1. The van der Waals surface area contributed by atoms with Crippen molar-refractivity contribution in [3.63, 3.8) is 0 Å². The van der Waals surface area contributed by atoms with Crippen molar-refractivity contribution < 1.29 is 20.1 Å². The standard InChI is InChI=1S/C9H10O2.C9H8O2/c2*10-8-5-6-3-1-2-4-7(6)9(8)11/h1-4,8-11H,5H2;1-4,8,10H,5H2/t8-,9+;/m0./s1. The van der Waals surface area contributed by atoms with Gasteiger partial charge in [0.05, 0.1) is 6.10 Å². The molecule has 2 aromatic rings. The monoisotopic (exact) mass is 298 g/mol. The number of aliphatic hydroxyl groups is 3. The van der Waals surface area contributed by atoms with E-state index in [0.717, 1.165) is 16.7 Å². The molecule has 2 aliphatic rings. The molecule has 0 fully saturated rings. The average Bonchev–Trinajstić information content (AvgIpc) is 2.98. The molecule has 0 heterocycles. The minimum Gasteiger partial charge on any atom is -0.390 e. The van der Waals surface area contributed by atoms with Crippen LogP contribution in [0.1, 0.15) is 33.2 Å². The number of Topliss-reactive ketones (excluding diaryl/α,β-unsaturated/α-hetero) is 1. The molecular formula is C18H18O4. The summed E-state index contributed by atoms with van der Waals surface area (Å²) in [6.07, 6.45) is -1.02. The van der Waals surface area contributed by atoms with Crippen LogP contribution in [0.2, 0.25) is 0 Å². The van der Waals surface area contributed by atoms with Crippen LogP contribution in [0, 0.1) is 0 Å². The third-order valence-electron chi connectivity index (χ3n) is 4.17. The van der Waals surface area contributed by atoms with Crippen LogP contribution in [0.4, 0.5) is 0 Å². The van der Waals surface area contributed by atoms with Gasteiger partial charge in [0.2, 0.25) is 0 Å². The molecule has 0 aromatic heterocycles. The van der Waals surface area contributed by atoms with Crippen molar-refractivity contribution in [2.75, 3.05) is 0 Å². The molecule has 4 heteroatoms. The SMILES string of the molecule is O=C1c2ccccc2CC1O.O[C@@H]1c2ccccc2C[C@@H]1O. The van der Waals surface area contributed by atoms with Gasteiger partial charge in [-0.25, -0.2) is 0 Å². The molecule has 4 rings (SSSR count). The summed E-state index contributed by atoms with van der Waals surface area (Å²) < 4.78 is 0. The van der Waals surface area contributed by atoms with Crippen LogP contribution in [0.25, 0.3) is 0 Å². The molecule has 0 amide bonds. The lowest BCUT2D eigenvalue weighted by atomic mass is 10.1. The second-order valence-electron chi connectivity index (χ2n) is 5.66. The quantitative estimate of drug-likeness (QED) is 0.687. The predicted molar refractivity (Wildman–Crippen MR) is 81.6 cm³/mol. The molecule has 114 valence electrons. The highest BCUT2D eigenvalue weighted by atomic mass is 16.3. The van der Waals surface area contributed by atoms with E-state index in [-0.39, 0.29) is 5.78 Å². The van der Waals surface area contributed by atoms with Crippen LogP contribution < -0.4 is 0 Å². The van der Waals surface area contributed by atoms with Crippen molar-refractivity contribution in [3.8, 4) is 0 Å². The van der Waals surface area contributed by atoms with Crippen molar-refractivity contribution in [2.45, 2.75) is 31.2 Å². The summed E-state index contributed by atoms with van der Waals surface area (Å²) in [6.45, 7) is 0. The molecule has 0 radical (unpaired) electrons. The Morgan fingerprint density at radius 3 is 2.14 bits per heavy atom. The minimum absolute atomic E-state index is 0.138. The Morgan fingerprint density at radius 1 is 0.818 bits per heavy atom. The highest BCUT2D eigenvalue weighted by Crippen LogP contribution is 2.30. The Hall–Kier alpha value is -2.01. The molecule has 0 spiro atoms. The fraction of sp³-hybridized carbons (Fsp3) is 0.278. The van der Waals surface area contributed by atoms with Gasteiger partial charge in [-0.15, -0.1) is 0 Å². The van der Waals surface area contributed by atoms with Crippen molar-refractivity contribution in [1.82, 2.24) is 0 Å². The van der Waals surface area contributed by atoms with Gasteiger partial charge < -0.3 is 15.3 Å². The van der Waals surface area contributed by atoms with Crippen LogP contribution in [0.15, 0.2) is 48.5 Å². The third kappa shape index (κ3) is 2.68. The van der Waals surface area contributed by atoms with Gasteiger partial charge in [-0.1, -0.05) is 48.5 Å². The number of aliphatic hydroxyl groups excluding tert-OH is 3. The van der Waals surface area contributed by atoms with Gasteiger partial charge in [-0.05, 0) is 16.7 Å². The van der Waals surface area contributed by atoms with Gasteiger partial charge in [-0.3, -0.25) is 4.79 Å². The number of benzene rings is 2. The second-order valence-corrected chi connectivity index (χ2v) is 5.66. The first-order valence-electron chi connectivity index (χ1n) is 7.32. The van der Waals surface area contributed by atoms with Gasteiger partial charge in [0, 0.05) is 18.4 Å². The maximum atomic E-state index is 11.1. The van der Waals surface area contributed by atoms with Crippen LogP contribution in [0.3, 0.4) is 0 Å². The van der Waals surface area contributed by atoms with Gasteiger partial charge in [0.1, 0.15) is 12.2 Å². The summed E-state index contributed by atoms with van der Waals surface area (Å²) in [5.74, 6) is -0.138. The summed E-state index contributed by atoms with van der Waals surface area (Å²) in [4.78, 5) is 11.1. The summed E-state index contributed by atoms with van der Waals surface area (Å²) in [5, 5.41) is 27.8. The summed E-state index contributed by atoms with van der Waals surface area (Å²) in [7, 11) is 0.